The molecule has 5 aliphatic rings. The summed E-state index contributed by atoms with van der Waals surface area (Å²) in [7, 11) is 0. The Bertz CT molecular complexity index is 590. The quantitative estimate of drug-likeness (QED) is 0.347. The Morgan fingerprint density at radius 3 is 1.50 bits per heavy atom. The largest absolute Gasteiger partial charge is 0.393 e. The number of hydrogen-bond acceptors (Lipinski definition) is 7. The third-order valence-corrected chi connectivity index (χ3v) is 9.67. The lowest BCUT2D eigenvalue weighted by molar-refractivity contribution is -0.0592. The van der Waals surface area contributed by atoms with E-state index in [1.807, 2.05) is 0 Å². The summed E-state index contributed by atoms with van der Waals surface area (Å²) in [5, 5.41) is 52.9. The van der Waals surface area contributed by atoms with Crippen LogP contribution in [0.25, 0.3) is 0 Å². The van der Waals surface area contributed by atoms with E-state index in [2.05, 4.69) is 16.0 Å². The van der Waals surface area contributed by atoms with Gasteiger partial charge in [-0.3, -0.25) is 16.0 Å². The Morgan fingerprint density at radius 2 is 0.938 bits per heavy atom. The van der Waals surface area contributed by atoms with Crippen molar-refractivity contribution in [1.82, 2.24) is 16.0 Å². The average molecular weight is 452 g/mol. The van der Waals surface area contributed by atoms with E-state index in [9.17, 15) is 20.4 Å². The summed E-state index contributed by atoms with van der Waals surface area (Å²) in [5.74, 6) is 2.45. The SMILES string of the molecule is OC1CCC(C2NC(C3CCC4CCCCC4C3)NC(C3CCC(O)CC3O)N2)C(O)C1. The van der Waals surface area contributed by atoms with E-state index in [-0.39, 0.29) is 30.3 Å². The molecule has 7 nitrogen and oxygen atoms in total. The van der Waals surface area contributed by atoms with Crippen LogP contribution in [0.3, 0.4) is 0 Å². The maximum atomic E-state index is 10.8. The molecule has 4 saturated carbocycles. The third-order valence-electron chi connectivity index (χ3n) is 9.67. The predicted molar refractivity (Wildman–Crippen MR) is 122 cm³/mol. The van der Waals surface area contributed by atoms with Crippen LogP contribution in [0.1, 0.15) is 83.5 Å². The van der Waals surface area contributed by atoms with Gasteiger partial charge < -0.3 is 20.4 Å². The molecule has 1 saturated heterocycles. The fourth-order valence-corrected chi connectivity index (χ4v) is 7.78. The molecule has 4 aliphatic carbocycles. The fraction of sp³-hybridized carbons (Fsp3) is 1.00. The second-order valence-electron chi connectivity index (χ2n) is 11.7. The minimum Gasteiger partial charge on any atom is -0.393 e. The van der Waals surface area contributed by atoms with E-state index in [1.54, 1.807) is 0 Å². The van der Waals surface area contributed by atoms with E-state index in [0.717, 1.165) is 37.5 Å². The van der Waals surface area contributed by atoms with Gasteiger partial charge in [0.05, 0.1) is 42.9 Å². The van der Waals surface area contributed by atoms with E-state index in [4.69, 9.17) is 0 Å². The molecule has 184 valence electrons. The first-order valence-electron chi connectivity index (χ1n) is 13.5. The third kappa shape index (κ3) is 5.04. The predicted octanol–water partition coefficient (Wildman–Crippen LogP) is 1.40. The Kier molecular flexibility index (Phi) is 7.44. The first kappa shape index (κ1) is 23.5. The molecule has 11 unspecified atom stereocenters. The zero-order chi connectivity index (χ0) is 22.2. The average Bonchev–Trinajstić information content (AvgIpc) is 2.78. The van der Waals surface area contributed by atoms with Gasteiger partial charge in [-0.25, -0.2) is 0 Å². The molecule has 5 rings (SSSR count). The van der Waals surface area contributed by atoms with Crippen LogP contribution in [0.4, 0.5) is 0 Å². The molecule has 0 amide bonds. The maximum Gasteiger partial charge on any atom is 0.0649 e. The van der Waals surface area contributed by atoms with Crippen molar-refractivity contribution in [2.45, 2.75) is 126 Å². The zero-order valence-corrected chi connectivity index (χ0v) is 19.4. The highest BCUT2D eigenvalue weighted by Gasteiger charge is 2.45. The van der Waals surface area contributed by atoms with Gasteiger partial charge in [0, 0.05) is 11.8 Å². The van der Waals surface area contributed by atoms with E-state index < -0.39 is 24.4 Å². The van der Waals surface area contributed by atoms with Gasteiger partial charge in [0.25, 0.3) is 0 Å². The van der Waals surface area contributed by atoms with Crippen LogP contribution in [0, 0.1) is 29.6 Å². The Hall–Kier alpha value is -0.280. The van der Waals surface area contributed by atoms with Crippen LogP contribution in [-0.2, 0) is 0 Å². The molecule has 1 aliphatic heterocycles. The van der Waals surface area contributed by atoms with Crippen molar-refractivity contribution < 1.29 is 20.4 Å². The molecule has 0 radical (unpaired) electrons. The summed E-state index contributed by atoms with van der Waals surface area (Å²) in [5.41, 5.74) is 0. The van der Waals surface area contributed by atoms with Crippen LogP contribution in [0.5, 0.6) is 0 Å². The highest BCUT2D eigenvalue weighted by atomic mass is 16.3. The van der Waals surface area contributed by atoms with Gasteiger partial charge in [0.1, 0.15) is 0 Å². The molecule has 0 bridgehead atoms. The second-order valence-corrected chi connectivity index (χ2v) is 11.7. The molecule has 32 heavy (non-hydrogen) atoms. The molecule has 0 aromatic carbocycles. The topological polar surface area (TPSA) is 117 Å². The molecule has 0 spiro atoms. The van der Waals surface area contributed by atoms with Crippen LogP contribution >= 0.6 is 0 Å². The molecular weight excluding hydrogens is 406 g/mol. The fourth-order valence-electron chi connectivity index (χ4n) is 7.78. The molecule has 0 aromatic heterocycles. The van der Waals surface area contributed by atoms with Crippen LogP contribution < -0.4 is 16.0 Å². The second kappa shape index (κ2) is 10.1. The highest BCUT2D eigenvalue weighted by Crippen LogP contribution is 2.44. The van der Waals surface area contributed by atoms with E-state index in [0.29, 0.717) is 18.8 Å². The van der Waals surface area contributed by atoms with Gasteiger partial charge in [-0.15, -0.1) is 0 Å². The van der Waals surface area contributed by atoms with Gasteiger partial charge in [-0.2, -0.15) is 0 Å². The smallest absolute Gasteiger partial charge is 0.0649 e. The molecule has 5 fully saturated rings. The number of nitrogens with one attached hydrogen (secondary N) is 3. The van der Waals surface area contributed by atoms with Crippen molar-refractivity contribution >= 4 is 0 Å². The van der Waals surface area contributed by atoms with Gasteiger partial charge in [0.15, 0.2) is 0 Å². The van der Waals surface area contributed by atoms with Crippen molar-refractivity contribution in [3.63, 3.8) is 0 Å². The number of fused-ring (bicyclic) bond motifs is 1. The number of aliphatic hydroxyl groups is 4. The standard InChI is InChI=1S/C25H45N3O4/c29-17-7-9-19(21(31)12-17)24-26-23(16-6-5-14-3-1-2-4-15(14)11-16)27-25(28-24)20-10-8-18(30)13-22(20)32/h14-32H,1-13H2. The van der Waals surface area contributed by atoms with E-state index >= 15 is 0 Å². The molecular formula is C25H45N3O4. The normalized spacial score (nSPS) is 52.9. The summed E-state index contributed by atoms with van der Waals surface area (Å²) in [4.78, 5) is 0. The molecule has 7 heteroatoms. The van der Waals surface area contributed by atoms with Crippen LogP contribution in [0.15, 0.2) is 0 Å². The number of rotatable bonds is 3. The maximum absolute atomic E-state index is 10.8. The Morgan fingerprint density at radius 1 is 0.438 bits per heavy atom. The Balaban J connectivity index is 1.31. The van der Waals surface area contributed by atoms with Gasteiger partial charge in [0.2, 0.25) is 0 Å². The Labute approximate surface area is 192 Å². The molecule has 7 N–H and O–H groups in total. The summed E-state index contributed by atoms with van der Waals surface area (Å²) in [6, 6.07) is 0. The lowest BCUT2D eigenvalue weighted by atomic mass is 9.66. The monoisotopic (exact) mass is 451 g/mol. The lowest BCUT2D eigenvalue weighted by Crippen LogP contribution is -2.74. The zero-order valence-electron chi connectivity index (χ0n) is 19.4. The van der Waals surface area contributed by atoms with Crippen molar-refractivity contribution in [2.75, 3.05) is 0 Å². The molecule has 0 aromatic rings. The van der Waals surface area contributed by atoms with Crippen molar-refractivity contribution in [1.29, 1.82) is 0 Å². The first-order valence-corrected chi connectivity index (χ1v) is 13.5. The summed E-state index contributed by atoms with van der Waals surface area (Å²) < 4.78 is 0. The highest BCUT2D eigenvalue weighted by molar-refractivity contribution is 4.99. The summed E-state index contributed by atoms with van der Waals surface area (Å²) in [6.45, 7) is 0. The van der Waals surface area contributed by atoms with Gasteiger partial charge in [-0.05, 0) is 75.5 Å². The van der Waals surface area contributed by atoms with Crippen LogP contribution in [0.2, 0.25) is 0 Å². The number of hydrogen-bond donors (Lipinski definition) is 7. The first-order chi connectivity index (χ1) is 15.5. The summed E-state index contributed by atoms with van der Waals surface area (Å²) in [6.07, 6.45) is 11.6. The van der Waals surface area contributed by atoms with Crippen molar-refractivity contribution in [3.05, 3.63) is 0 Å². The van der Waals surface area contributed by atoms with Gasteiger partial charge in [-0.1, -0.05) is 25.7 Å². The lowest BCUT2D eigenvalue weighted by Gasteiger charge is -2.51. The molecule has 1 heterocycles. The minimum absolute atomic E-state index is 0.0307. The van der Waals surface area contributed by atoms with Crippen molar-refractivity contribution in [3.8, 4) is 0 Å². The van der Waals surface area contributed by atoms with Crippen molar-refractivity contribution in [2.24, 2.45) is 29.6 Å². The van der Waals surface area contributed by atoms with Gasteiger partial charge >= 0.3 is 0 Å². The van der Waals surface area contributed by atoms with Crippen LogP contribution in [-0.4, -0.2) is 63.3 Å². The minimum atomic E-state index is -0.518. The van der Waals surface area contributed by atoms with E-state index in [1.165, 1.54) is 44.9 Å². The number of aliphatic hydroxyl groups excluding tert-OH is 4. The summed E-state index contributed by atoms with van der Waals surface area (Å²) >= 11 is 0. The molecule has 11 atom stereocenters.